The van der Waals surface area contributed by atoms with Crippen molar-refractivity contribution in [2.75, 3.05) is 6.54 Å². The quantitative estimate of drug-likeness (QED) is 0.627. The third kappa shape index (κ3) is 2.64. The molecule has 3 heteroatoms. The lowest BCUT2D eigenvalue weighted by molar-refractivity contribution is 0.246. The van der Waals surface area contributed by atoms with Crippen molar-refractivity contribution < 1.29 is 4.43 Å². The molecular weight excluding hydrogens is 178 g/mol. The molecule has 0 aromatic heterocycles. The fourth-order valence-electron chi connectivity index (χ4n) is 1.11. The first-order valence-electron chi connectivity index (χ1n) is 5.01. The first-order valence-corrected chi connectivity index (χ1v) is 7.91. The highest BCUT2D eigenvalue weighted by Crippen LogP contribution is 2.37. The lowest BCUT2D eigenvalue weighted by Gasteiger charge is -2.37. The van der Waals surface area contributed by atoms with Crippen LogP contribution in [0.5, 0.6) is 0 Å². The number of hydrogen-bond donors (Lipinski definition) is 0. The molecule has 0 saturated carbocycles. The van der Waals surface area contributed by atoms with Gasteiger partial charge < -0.3 is 4.43 Å². The Kier molecular flexibility index (Phi) is 2.97. The van der Waals surface area contributed by atoms with Crippen LogP contribution in [0, 0.1) is 0 Å². The lowest BCUT2D eigenvalue weighted by atomic mass is 10.2. The summed E-state index contributed by atoms with van der Waals surface area (Å²) in [6, 6.07) is 0. The molecule has 1 rings (SSSR count). The van der Waals surface area contributed by atoms with Gasteiger partial charge in [-0.25, -0.2) is 0 Å². The van der Waals surface area contributed by atoms with Crippen molar-refractivity contribution in [3.63, 3.8) is 0 Å². The second-order valence-electron chi connectivity index (χ2n) is 5.26. The lowest BCUT2D eigenvalue weighted by Crippen LogP contribution is -2.43. The summed E-state index contributed by atoms with van der Waals surface area (Å²) in [5.41, 5.74) is 0. The van der Waals surface area contributed by atoms with E-state index in [1.807, 2.05) is 6.21 Å². The Morgan fingerprint density at radius 1 is 1.38 bits per heavy atom. The zero-order valence-corrected chi connectivity index (χ0v) is 10.4. The van der Waals surface area contributed by atoms with Gasteiger partial charge in [0.15, 0.2) is 8.32 Å². The van der Waals surface area contributed by atoms with Gasteiger partial charge >= 0.3 is 0 Å². The smallest absolute Gasteiger partial charge is 0.192 e. The van der Waals surface area contributed by atoms with Crippen LogP contribution in [-0.2, 0) is 4.43 Å². The third-order valence-corrected chi connectivity index (χ3v) is 7.57. The van der Waals surface area contributed by atoms with Crippen LogP contribution in [0.3, 0.4) is 0 Å². The zero-order valence-electron chi connectivity index (χ0n) is 9.42. The number of rotatable bonds is 2. The summed E-state index contributed by atoms with van der Waals surface area (Å²) in [5.74, 6) is 0. The van der Waals surface area contributed by atoms with Crippen molar-refractivity contribution in [1.29, 1.82) is 0 Å². The van der Waals surface area contributed by atoms with Crippen LogP contribution >= 0.6 is 0 Å². The van der Waals surface area contributed by atoms with Gasteiger partial charge in [-0.15, -0.1) is 0 Å². The number of hydrogen-bond acceptors (Lipinski definition) is 2. The van der Waals surface area contributed by atoms with Gasteiger partial charge in [0.1, 0.15) is 0 Å². The van der Waals surface area contributed by atoms with Crippen LogP contribution in [0.2, 0.25) is 18.1 Å². The van der Waals surface area contributed by atoms with Crippen LogP contribution in [0.4, 0.5) is 0 Å². The molecule has 0 spiro atoms. The van der Waals surface area contributed by atoms with Crippen LogP contribution in [0.15, 0.2) is 4.99 Å². The van der Waals surface area contributed by atoms with Crippen molar-refractivity contribution in [3.05, 3.63) is 0 Å². The van der Waals surface area contributed by atoms with Crippen molar-refractivity contribution in [2.45, 2.75) is 51.4 Å². The van der Waals surface area contributed by atoms with E-state index >= 15 is 0 Å². The van der Waals surface area contributed by atoms with E-state index in [2.05, 4.69) is 38.9 Å². The minimum atomic E-state index is -1.56. The third-order valence-electron chi connectivity index (χ3n) is 3.07. The molecule has 1 heterocycles. The molecule has 0 saturated heterocycles. The van der Waals surface area contributed by atoms with Gasteiger partial charge in [-0.05, 0) is 24.6 Å². The fraction of sp³-hybridized carbons (Fsp3) is 0.900. The molecule has 13 heavy (non-hydrogen) atoms. The maximum absolute atomic E-state index is 6.15. The fourth-order valence-corrected chi connectivity index (χ4v) is 2.40. The standard InChI is InChI=1S/C10H21NOSi/c1-10(2,3)13(4,5)12-9-6-7-11-8-9/h8-9H,6-7H2,1-5H3. The topological polar surface area (TPSA) is 21.6 Å². The van der Waals surface area contributed by atoms with Crippen LogP contribution in [-0.4, -0.2) is 27.2 Å². The monoisotopic (exact) mass is 199 g/mol. The van der Waals surface area contributed by atoms with Crippen molar-refractivity contribution in [2.24, 2.45) is 4.99 Å². The molecular formula is C10H21NOSi. The van der Waals surface area contributed by atoms with Gasteiger partial charge in [-0.3, -0.25) is 4.99 Å². The molecule has 0 radical (unpaired) electrons. The Balaban J connectivity index is 2.55. The van der Waals surface area contributed by atoms with Crippen LogP contribution in [0.25, 0.3) is 0 Å². The summed E-state index contributed by atoms with van der Waals surface area (Å²) < 4.78 is 6.15. The first kappa shape index (κ1) is 10.9. The zero-order chi connectivity index (χ0) is 10.1. The van der Waals surface area contributed by atoms with Crippen molar-refractivity contribution in [3.8, 4) is 0 Å². The van der Waals surface area contributed by atoms with E-state index in [-0.39, 0.29) is 0 Å². The minimum Gasteiger partial charge on any atom is -0.409 e. The molecule has 1 aliphatic heterocycles. The van der Waals surface area contributed by atoms with E-state index in [0.29, 0.717) is 11.1 Å². The molecule has 0 bridgehead atoms. The van der Waals surface area contributed by atoms with Gasteiger partial charge in [0.05, 0.1) is 6.10 Å². The number of aliphatic imine (C=N–C) groups is 1. The normalized spacial score (nSPS) is 23.9. The molecule has 2 nitrogen and oxygen atoms in total. The average Bonchev–Trinajstić information content (AvgIpc) is 2.35. The molecule has 76 valence electrons. The SMILES string of the molecule is CC(C)(C)[Si](C)(C)OC1C=NCC1. The van der Waals surface area contributed by atoms with Gasteiger partial charge in [-0.1, -0.05) is 20.8 Å². The second kappa shape index (κ2) is 3.54. The summed E-state index contributed by atoms with van der Waals surface area (Å²) in [6.45, 7) is 12.3. The number of nitrogens with zero attached hydrogens (tertiary/aromatic N) is 1. The Morgan fingerprint density at radius 2 is 2.00 bits per heavy atom. The predicted molar refractivity (Wildman–Crippen MR) is 60.0 cm³/mol. The van der Waals surface area contributed by atoms with Crippen molar-refractivity contribution >= 4 is 14.5 Å². The Morgan fingerprint density at radius 3 is 2.38 bits per heavy atom. The Bertz CT molecular complexity index is 205. The molecule has 0 aliphatic carbocycles. The summed E-state index contributed by atoms with van der Waals surface area (Å²) in [6.07, 6.45) is 3.34. The largest absolute Gasteiger partial charge is 0.409 e. The molecule has 1 aliphatic rings. The highest BCUT2D eigenvalue weighted by molar-refractivity contribution is 6.74. The molecule has 0 aromatic carbocycles. The van der Waals surface area contributed by atoms with E-state index in [1.165, 1.54) is 0 Å². The maximum atomic E-state index is 6.15. The predicted octanol–water partition coefficient (Wildman–Crippen LogP) is 2.85. The van der Waals surface area contributed by atoms with Gasteiger partial charge in [0.25, 0.3) is 0 Å². The molecule has 0 amide bonds. The van der Waals surface area contributed by atoms with E-state index < -0.39 is 8.32 Å². The van der Waals surface area contributed by atoms with E-state index in [4.69, 9.17) is 4.43 Å². The summed E-state index contributed by atoms with van der Waals surface area (Å²) in [7, 11) is -1.56. The molecule has 0 aromatic rings. The highest BCUT2D eigenvalue weighted by atomic mass is 28.4. The van der Waals surface area contributed by atoms with Crippen molar-refractivity contribution in [1.82, 2.24) is 0 Å². The molecule has 1 unspecified atom stereocenters. The summed E-state index contributed by atoms with van der Waals surface area (Å²) in [5, 5.41) is 0.309. The second-order valence-corrected chi connectivity index (χ2v) is 10.0. The summed E-state index contributed by atoms with van der Waals surface area (Å²) in [4.78, 5) is 4.20. The Hall–Kier alpha value is -0.153. The molecule has 1 atom stereocenters. The average molecular weight is 199 g/mol. The molecule has 0 N–H and O–H groups in total. The summed E-state index contributed by atoms with van der Waals surface area (Å²) >= 11 is 0. The van der Waals surface area contributed by atoms with E-state index in [9.17, 15) is 0 Å². The molecule has 0 fully saturated rings. The van der Waals surface area contributed by atoms with Crippen LogP contribution in [0.1, 0.15) is 27.2 Å². The van der Waals surface area contributed by atoms with Gasteiger partial charge in [0, 0.05) is 12.8 Å². The maximum Gasteiger partial charge on any atom is 0.192 e. The van der Waals surface area contributed by atoms with Crippen LogP contribution < -0.4 is 0 Å². The first-order chi connectivity index (χ1) is 5.83. The minimum absolute atomic E-state index is 0.292. The van der Waals surface area contributed by atoms with E-state index in [1.54, 1.807) is 0 Å². The Labute approximate surface area is 82.5 Å². The highest BCUT2D eigenvalue weighted by Gasteiger charge is 2.39. The van der Waals surface area contributed by atoms with Gasteiger partial charge in [-0.2, -0.15) is 0 Å². The van der Waals surface area contributed by atoms with E-state index in [0.717, 1.165) is 13.0 Å². The van der Waals surface area contributed by atoms with Gasteiger partial charge in [0.2, 0.25) is 0 Å².